The van der Waals surface area contributed by atoms with Crippen LogP contribution in [0.15, 0.2) is 58.7 Å². The molecule has 2 aromatic rings. The van der Waals surface area contributed by atoms with E-state index in [4.69, 9.17) is 4.74 Å². The molecule has 0 aromatic heterocycles. The van der Waals surface area contributed by atoms with Gasteiger partial charge < -0.3 is 20.5 Å². The lowest BCUT2D eigenvalue weighted by Crippen LogP contribution is -2.47. The van der Waals surface area contributed by atoms with Crippen LogP contribution in [0.4, 0.5) is 0 Å². The summed E-state index contributed by atoms with van der Waals surface area (Å²) < 4.78 is 5.69. The van der Waals surface area contributed by atoms with Gasteiger partial charge in [-0.05, 0) is 57.8 Å². The highest BCUT2D eigenvalue weighted by Gasteiger charge is 2.26. The number of methoxy groups -OCH3 is 1. The van der Waals surface area contributed by atoms with Gasteiger partial charge in [0.2, 0.25) is 0 Å². The van der Waals surface area contributed by atoms with E-state index in [9.17, 15) is 19.5 Å². The van der Waals surface area contributed by atoms with E-state index in [-0.39, 0.29) is 11.6 Å². The van der Waals surface area contributed by atoms with Crippen LogP contribution in [-0.4, -0.2) is 36.0 Å². The minimum absolute atomic E-state index is 0.0761. The van der Waals surface area contributed by atoms with Crippen molar-refractivity contribution in [1.29, 1.82) is 0 Å². The average molecular weight is 475 g/mol. The van der Waals surface area contributed by atoms with Crippen molar-refractivity contribution in [3.63, 3.8) is 0 Å². The molecule has 0 heterocycles. The number of halogens is 1. The molecule has 0 radical (unpaired) electrons. The molecule has 0 saturated carbocycles. The van der Waals surface area contributed by atoms with Gasteiger partial charge >= 0.3 is 5.97 Å². The number of carboxylic acid groups (broad SMARTS) is 1. The minimum Gasteiger partial charge on any atom is -0.497 e. The van der Waals surface area contributed by atoms with Crippen molar-refractivity contribution in [3.8, 4) is 5.75 Å². The lowest BCUT2D eigenvalue weighted by molar-refractivity contribution is -0.142. The highest BCUT2D eigenvalue weighted by atomic mass is 79.9. The summed E-state index contributed by atoms with van der Waals surface area (Å²) in [5.74, 6) is -2.06. The predicted molar refractivity (Wildman–Crippen MR) is 117 cm³/mol. The number of carbonyl (C=O) groups is 3. The van der Waals surface area contributed by atoms with Crippen LogP contribution >= 0.6 is 15.9 Å². The van der Waals surface area contributed by atoms with Crippen LogP contribution in [0.2, 0.25) is 0 Å². The van der Waals surface area contributed by atoms with Crippen molar-refractivity contribution in [2.24, 2.45) is 5.92 Å². The van der Waals surface area contributed by atoms with Gasteiger partial charge in [-0.3, -0.25) is 9.59 Å². The first-order chi connectivity index (χ1) is 14.2. The van der Waals surface area contributed by atoms with Crippen LogP contribution in [0.3, 0.4) is 0 Å². The SMILES string of the molecule is COc1ccc(/C=C(\NC(=O)c2ccccc2Br)C(=O)N[C@@H](C(=O)O)C(C)C)cc1. The topological polar surface area (TPSA) is 105 Å². The first-order valence-electron chi connectivity index (χ1n) is 9.18. The molecule has 1 atom stereocenters. The van der Waals surface area contributed by atoms with Crippen LogP contribution < -0.4 is 15.4 Å². The van der Waals surface area contributed by atoms with Gasteiger partial charge in [0, 0.05) is 4.47 Å². The number of hydrogen-bond donors (Lipinski definition) is 3. The van der Waals surface area contributed by atoms with Gasteiger partial charge in [-0.25, -0.2) is 4.79 Å². The van der Waals surface area contributed by atoms with E-state index in [2.05, 4.69) is 26.6 Å². The monoisotopic (exact) mass is 474 g/mol. The molecule has 30 heavy (non-hydrogen) atoms. The van der Waals surface area contributed by atoms with E-state index in [0.717, 1.165) is 0 Å². The van der Waals surface area contributed by atoms with Crippen molar-refractivity contribution in [1.82, 2.24) is 10.6 Å². The molecule has 0 spiro atoms. The molecule has 8 heteroatoms. The third-order valence-corrected chi connectivity index (χ3v) is 4.95. The summed E-state index contributed by atoms with van der Waals surface area (Å²) in [6, 6.07) is 12.5. The Labute approximate surface area is 183 Å². The van der Waals surface area contributed by atoms with Crippen LogP contribution in [0.1, 0.15) is 29.8 Å². The highest BCUT2D eigenvalue weighted by Crippen LogP contribution is 2.17. The van der Waals surface area contributed by atoms with Crippen LogP contribution in [0.25, 0.3) is 6.08 Å². The van der Waals surface area contributed by atoms with E-state index < -0.39 is 23.8 Å². The number of ether oxygens (including phenoxy) is 1. The van der Waals surface area contributed by atoms with Crippen molar-refractivity contribution < 1.29 is 24.2 Å². The molecular formula is C22H23BrN2O5. The molecule has 0 fully saturated rings. The zero-order valence-corrected chi connectivity index (χ0v) is 18.4. The van der Waals surface area contributed by atoms with Gasteiger partial charge in [0.1, 0.15) is 17.5 Å². The predicted octanol–water partition coefficient (Wildman–Crippen LogP) is 3.45. The quantitative estimate of drug-likeness (QED) is 0.508. The van der Waals surface area contributed by atoms with Gasteiger partial charge in [0.15, 0.2) is 0 Å². The number of aliphatic carboxylic acids is 1. The van der Waals surface area contributed by atoms with Gasteiger partial charge in [-0.15, -0.1) is 0 Å². The number of rotatable bonds is 8. The van der Waals surface area contributed by atoms with Gasteiger partial charge in [0.25, 0.3) is 11.8 Å². The van der Waals surface area contributed by atoms with Crippen molar-refractivity contribution in [2.75, 3.05) is 7.11 Å². The molecule has 2 amide bonds. The van der Waals surface area contributed by atoms with Crippen LogP contribution in [0.5, 0.6) is 5.75 Å². The lowest BCUT2D eigenvalue weighted by atomic mass is 10.0. The fourth-order valence-corrected chi connectivity index (χ4v) is 3.06. The summed E-state index contributed by atoms with van der Waals surface area (Å²) >= 11 is 3.31. The zero-order valence-electron chi connectivity index (χ0n) is 16.8. The molecular weight excluding hydrogens is 452 g/mol. The van der Waals surface area contributed by atoms with E-state index in [1.165, 1.54) is 6.08 Å². The zero-order chi connectivity index (χ0) is 22.3. The molecule has 0 bridgehead atoms. The Morgan fingerprint density at radius 3 is 2.23 bits per heavy atom. The largest absolute Gasteiger partial charge is 0.497 e. The lowest BCUT2D eigenvalue weighted by Gasteiger charge is -2.19. The van der Waals surface area contributed by atoms with E-state index in [1.807, 2.05) is 0 Å². The molecule has 0 aliphatic carbocycles. The summed E-state index contributed by atoms with van der Waals surface area (Å²) in [5.41, 5.74) is 0.891. The number of carbonyl (C=O) groups excluding carboxylic acids is 2. The number of hydrogen-bond acceptors (Lipinski definition) is 4. The maximum Gasteiger partial charge on any atom is 0.326 e. The fraction of sp³-hybridized carbons (Fsp3) is 0.227. The summed E-state index contributed by atoms with van der Waals surface area (Å²) in [7, 11) is 1.54. The normalized spacial score (nSPS) is 12.2. The van der Waals surface area contributed by atoms with Gasteiger partial charge in [-0.2, -0.15) is 0 Å². The Morgan fingerprint density at radius 2 is 1.70 bits per heavy atom. The Hall–Kier alpha value is -3.13. The van der Waals surface area contributed by atoms with E-state index in [1.54, 1.807) is 69.5 Å². The Bertz CT molecular complexity index is 954. The minimum atomic E-state index is -1.15. The Morgan fingerprint density at radius 1 is 1.07 bits per heavy atom. The van der Waals surface area contributed by atoms with E-state index >= 15 is 0 Å². The molecule has 2 aromatic carbocycles. The van der Waals surface area contributed by atoms with E-state index in [0.29, 0.717) is 21.3 Å². The molecule has 3 N–H and O–H groups in total. The summed E-state index contributed by atoms with van der Waals surface area (Å²) in [4.78, 5) is 37.0. The third-order valence-electron chi connectivity index (χ3n) is 4.26. The second-order valence-electron chi connectivity index (χ2n) is 6.80. The average Bonchev–Trinajstić information content (AvgIpc) is 2.71. The molecule has 0 aliphatic heterocycles. The van der Waals surface area contributed by atoms with Crippen molar-refractivity contribution in [3.05, 3.63) is 69.8 Å². The molecule has 158 valence electrons. The summed E-state index contributed by atoms with van der Waals surface area (Å²) in [6.07, 6.45) is 1.47. The number of benzene rings is 2. The number of carboxylic acids is 1. The Kier molecular flexibility index (Phi) is 8.17. The molecule has 2 rings (SSSR count). The molecule has 0 saturated heterocycles. The third kappa shape index (κ3) is 6.18. The van der Waals surface area contributed by atoms with Crippen LogP contribution in [0, 0.1) is 5.92 Å². The maximum absolute atomic E-state index is 12.8. The first kappa shape index (κ1) is 23.2. The standard InChI is InChI=1S/C22H23BrN2O5/c1-13(2)19(22(28)29)25-21(27)18(12-14-8-10-15(30-3)11-9-14)24-20(26)16-6-4-5-7-17(16)23/h4-13,19H,1-3H3,(H,24,26)(H,25,27)(H,28,29)/b18-12-/t19-/m1/s1. The van der Waals surface area contributed by atoms with Crippen LogP contribution in [-0.2, 0) is 9.59 Å². The Balaban J connectivity index is 2.37. The summed E-state index contributed by atoms with van der Waals surface area (Å²) in [5, 5.41) is 14.4. The number of nitrogens with one attached hydrogen (secondary N) is 2. The number of amides is 2. The van der Waals surface area contributed by atoms with Crippen molar-refractivity contribution in [2.45, 2.75) is 19.9 Å². The second-order valence-corrected chi connectivity index (χ2v) is 7.65. The maximum atomic E-state index is 12.8. The van der Waals surface area contributed by atoms with Crippen molar-refractivity contribution >= 4 is 39.8 Å². The fourth-order valence-electron chi connectivity index (χ4n) is 2.59. The molecule has 7 nitrogen and oxygen atoms in total. The summed E-state index contributed by atoms with van der Waals surface area (Å²) in [6.45, 7) is 3.37. The second kappa shape index (κ2) is 10.6. The highest BCUT2D eigenvalue weighted by molar-refractivity contribution is 9.10. The van der Waals surface area contributed by atoms with Gasteiger partial charge in [0.05, 0.1) is 12.7 Å². The molecule has 0 unspecified atom stereocenters. The smallest absolute Gasteiger partial charge is 0.326 e. The first-order valence-corrected chi connectivity index (χ1v) is 9.97. The molecule has 0 aliphatic rings. The van der Waals surface area contributed by atoms with Gasteiger partial charge in [-0.1, -0.05) is 38.1 Å².